The van der Waals surface area contributed by atoms with Gasteiger partial charge in [0.1, 0.15) is 5.75 Å². The summed E-state index contributed by atoms with van der Waals surface area (Å²) >= 11 is 0. The number of benzene rings is 2. The number of halogens is 3. The molecule has 0 radical (unpaired) electrons. The van der Waals surface area contributed by atoms with Crippen molar-refractivity contribution in [1.29, 1.82) is 0 Å². The van der Waals surface area contributed by atoms with E-state index in [-0.39, 0.29) is 12.5 Å². The van der Waals surface area contributed by atoms with Crippen LogP contribution in [0.1, 0.15) is 67.5 Å². The summed E-state index contributed by atoms with van der Waals surface area (Å²) in [7, 11) is -4.16. The van der Waals surface area contributed by atoms with Crippen molar-refractivity contribution in [3.63, 3.8) is 0 Å². The minimum absolute atomic E-state index is 0.0658. The lowest BCUT2D eigenvalue weighted by atomic mass is 9.98. The van der Waals surface area contributed by atoms with E-state index in [1.54, 1.807) is 17.8 Å². The van der Waals surface area contributed by atoms with Gasteiger partial charge in [-0.1, -0.05) is 36.3 Å². The first-order valence-corrected chi connectivity index (χ1v) is 14.7. The van der Waals surface area contributed by atoms with Crippen molar-refractivity contribution >= 4 is 10.0 Å². The highest BCUT2D eigenvalue weighted by molar-refractivity contribution is 7.89. The highest BCUT2D eigenvalue weighted by Crippen LogP contribution is 2.35. The first-order chi connectivity index (χ1) is 18.6. The number of rotatable bonds is 9. The van der Waals surface area contributed by atoms with Crippen molar-refractivity contribution in [2.45, 2.75) is 81.2 Å². The molecule has 0 spiro atoms. The van der Waals surface area contributed by atoms with Gasteiger partial charge in [-0.3, -0.25) is 0 Å². The van der Waals surface area contributed by atoms with Crippen molar-refractivity contribution in [2.75, 3.05) is 6.61 Å². The number of alkyl halides is 3. The molecule has 8 nitrogen and oxygen atoms in total. The fourth-order valence-corrected chi connectivity index (χ4v) is 6.57. The van der Waals surface area contributed by atoms with Crippen LogP contribution in [0.2, 0.25) is 0 Å². The maximum atomic E-state index is 13.0. The lowest BCUT2D eigenvalue weighted by molar-refractivity contribution is -0.137. The number of nitrogens with zero attached hydrogens (tertiary/aromatic N) is 3. The van der Waals surface area contributed by atoms with Gasteiger partial charge in [0, 0.05) is 43.2 Å². The zero-order chi connectivity index (χ0) is 27.6. The Kier molecular flexibility index (Phi) is 7.97. The van der Waals surface area contributed by atoms with Gasteiger partial charge in [0.15, 0.2) is 0 Å². The van der Waals surface area contributed by atoms with Crippen LogP contribution in [0.25, 0.3) is 0 Å². The van der Waals surface area contributed by atoms with E-state index < -0.39 is 32.7 Å². The molecule has 1 aliphatic heterocycles. The summed E-state index contributed by atoms with van der Waals surface area (Å²) in [6.07, 6.45) is 3.11. The third-order valence-corrected chi connectivity index (χ3v) is 8.84. The van der Waals surface area contributed by atoms with Gasteiger partial charge >= 0.3 is 6.18 Å². The smallest absolute Gasteiger partial charge is 0.416 e. The van der Waals surface area contributed by atoms with Gasteiger partial charge in [0.25, 0.3) is 0 Å². The van der Waals surface area contributed by atoms with Crippen molar-refractivity contribution in [1.82, 2.24) is 25.0 Å². The predicted molar refractivity (Wildman–Crippen MR) is 139 cm³/mol. The highest BCUT2D eigenvalue weighted by atomic mass is 32.2. The number of ether oxygens (including phenoxy) is 1. The molecule has 2 atom stereocenters. The zero-order valence-corrected chi connectivity index (χ0v) is 22.4. The van der Waals surface area contributed by atoms with Gasteiger partial charge < -0.3 is 10.1 Å². The van der Waals surface area contributed by atoms with Gasteiger partial charge in [0.2, 0.25) is 10.0 Å². The fraction of sp³-hybridized carbons (Fsp3) is 0.481. The summed E-state index contributed by atoms with van der Waals surface area (Å²) in [6, 6.07) is 9.83. The second-order valence-corrected chi connectivity index (χ2v) is 12.0. The Morgan fingerprint density at radius 3 is 2.69 bits per heavy atom. The van der Waals surface area contributed by atoms with Crippen LogP contribution in [0, 0.1) is 0 Å². The standard InChI is InChI=1S/C27H32F3N5O3S/c1-18(33-39(36,37)23-8-4-5-20(15-23)27(28,29)30)13-22-17-35(34-32-22)25-11-12-38-26-14-19(9-10-24(25)26)16-31-21-6-2-3-7-21/h4-5,8-10,14-15,17-18,21,25,31,33H,2-3,6-7,11-13,16H2,1H3. The van der Waals surface area contributed by atoms with E-state index in [1.807, 2.05) is 0 Å². The summed E-state index contributed by atoms with van der Waals surface area (Å²) in [6.45, 7) is 2.97. The molecule has 2 N–H and O–H groups in total. The third-order valence-electron chi connectivity index (χ3n) is 7.26. The Balaban J connectivity index is 1.23. The first-order valence-electron chi connectivity index (χ1n) is 13.2. The molecule has 0 amide bonds. The van der Waals surface area contributed by atoms with Crippen LogP contribution >= 0.6 is 0 Å². The number of sulfonamides is 1. The average Bonchev–Trinajstić information content (AvgIpc) is 3.58. The maximum absolute atomic E-state index is 13.0. The van der Waals surface area contributed by atoms with Crippen LogP contribution in [0.5, 0.6) is 5.75 Å². The molecular weight excluding hydrogens is 531 g/mol. The van der Waals surface area contributed by atoms with Crippen molar-refractivity contribution in [3.8, 4) is 5.75 Å². The third kappa shape index (κ3) is 6.62. The summed E-state index contributed by atoms with van der Waals surface area (Å²) in [5, 5.41) is 12.1. The van der Waals surface area contributed by atoms with E-state index in [1.165, 1.54) is 31.2 Å². The molecule has 1 fully saturated rings. The van der Waals surface area contributed by atoms with Gasteiger partial charge in [-0.05, 0) is 49.6 Å². The molecule has 2 aliphatic rings. The normalized spacial score (nSPS) is 19.0. The van der Waals surface area contributed by atoms with Gasteiger partial charge in [-0.2, -0.15) is 13.2 Å². The quantitative estimate of drug-likeness (QED) is 0.395. The maximum Gasteiger partial charge on any atom is 0.416 e. The summed E-state index contributed by atoms with van der Waals surface area (Å²) in [4.78, 5) is -0.440. The van der Waals surface area contributed by atoms with Crippen LogP contribution in [0.3, 0.4) is 0 Å². The van der Waals surface area contributed by atoms with Crippen LogP contribution in [0.15, 0.2) is 53.6 Å². The molecule has 2 unspecified atom stereocenters. The molecule has 0 saturated heterocycles. The Hall–Kier alpha value is -2.96. The monoisotopic (exact) mass is 563 g/mol. The Morgan fingerprint density at radius 2 is 1.92 bits per heavy atom. The fourth-order valence-electron chi connectivity index (χ4n) is 5.28. The molecule has 2 heterocycles. The highest BCUT2D eigenvalue weighted by Gasteiger charge is 2.32. The minimum atomic E-state index is -4.63. The second kappa shape index (κ2) is 11.3. The molecule has 2 aromatic carbocycles. The molecule has 210 valence electrons. The molecule has 0 bridgehead atoms. The van der Waals surface area contributed by atoms with E-state index in [4.69, 9.17) is 4.74 Å². The first kappa shape index (κ1) is 27.6. The molecule has 1 aromatic heterocycles. The van der Waals surface area contributed by atoms with E-state index in [9.17, 15) is 21.6 Å². The van der Waals surface area contributed by atoms with Crippen molar-refractivity contribution in [2.24, 2.45) is 0 Å². The van der Waals surface area contributed by atoms with Gasteiger partial charge in [-0.25, -0.2) is 17.8 Å². The SMILES string of the molecule is CC(Cc1cn(C2CCOc3cc(CNC4CCCC4)ccc32)nn1)NS(=O)(=O)c1cccc(C(F)(F)F)c1. The molecule has 3 aromatic rings. The van der Waals surface area contributed by atoms with Gasteiger partial charge in [0.05, 0.1) is 28.8 Å². The van der Waals surface area contributed by atoms with Crippen LogP contribution in [-0.2, 0) is 29.2 Å². The molecule has 1 aliphatic carbocycles. The number of hydrogen-bond donors (Lipinski definition) is 2. The van der Waals surface area contributed by atoms with Crippen molar-refractivity contribution in [3.05, 3.63) is 71.0 Å². The topological polar surface area (TPSA) is 98.1 Å². The Bertz CT molecular complexity index is 1400. The lowest BCUT2D eigenvalue weighted by Gasteiger charge is -2.26. The predicted octanol–water partition coefficient (Wildman–Crippen LogP) is 4.61. The number of hydrogen-bond acceptors (Lipinski definition) is 6. The van der Waals surface area contributed by atoms with E-state index >= 15 is 0 Å². The number of aromatic nitrogens is 3. The summed E-state index contributed by atoms with van der Waals surface area (Å²) < 4.78 is 74.7. The molecule has 1 saturated carbocycles. The second-order valence-electron chi connectivity index (χ2n) is 10.3. The van der Waals surface area contributed by atoms with Crippen molar-refractivity contribution < 1.29 is 26.3 Å². The molecular formula is C27H32F3N5O3S. The number of nitrogens with one attached hydrogen (secondary N) is 2. The largest absolute Gasteiger partial charge is 0.493 e. The molecule has 12 heteroatoms. The summed E-state index contributed by atoms with van der Waals surface area (Å²) in [5.41, 5.74) is 1.73. The Labute approximate surface area is 226 Å². The molecule has 5 rings (SSSR count). The van der Waals surface area contributed by atoms with E-state index in [0.717, 1.165) is 36.1 Å². The van der Waals surface area contributed by atoms with Crippen LogP contribution < -0.4 is 14.8 Å². The average molecular weight is 564 g/mol. The zero-order valence-electron chi connectivity index (χ0n) is 21.6. The van der Waals surface area contributed by atoms with E-state index in [2.05, 4.69) is 38.6 Å². The summed E-state index contributed by atoms with van der Waals surface area (Å²) in [5.74, 6) is 0.830. The van der Waals surface area contributed by atoms with Crippen LogP contribution in [-0.4, -0.2) is 42.1 Å². The lowest BCUT2D eigenvalue weighted by Crippen LogP contribution is -2.34. The minimum Gasteiger partial charge on any atom is -0.493 e. The van der Waals surface area contributed by atoms with Gasteiger partial charge in [-0.15, -0.1) is 5.10 Å². The van der Waals surface area contributed by atoms with Crippen LogP contribution in [0.4, 0.5) is 13.2 Å². The van der Waals surface area contributed by atoms with E-state index in [0.29, 0.717) is 30.8 Å². The number of fused-ring (bicyclic) bond motifs is 1. The Morgan fingerprint density at radius 1 is 1.13 bits per heavy atom. The molecule has 39 heavy (non-hydrogen) atoms.